The van der Waals surface area contributed by atoms with E-state index in [1.165, 1.54) is 11.1 Å². The summed E-state index contributed by atoms with van der Waals surface area (Å²) in [5.74, 6) is -0.00771. The average Bonchev–Trinajstić information content (AvgIpc) is 2.62. The molecule has 2 N–H and O–H groups in total. The average molecular weight is 330 g/mol. The fraction of sp³-hybridized carbons (Fsp3) is 0.136. The van der Waals surface area contributed by atoms with Crippen molar-refractivity contribution >= 4 is 17.3 Å². The molecule has 0 spiro atoms. The van der Waals surface area contributed by atoms with Gasteiger partial charge in [0.1, 0.15) is 0 Å². The molecule has 0 bridgehead atoms. The van der Waals surface area contributed by atoms with Crippen molar-refractivity contribution in [1.29, 1.82) is 0 Å². The third kappa shape index (κ3) is 5.21. The normalized spacial score (nSPS) is 10.3. The summed E-state index contributed by atoms with van der Waals surface area (Å²) in [6.07, 6.45) is 0.383. The van der Waals surface area contributed by atoms with Gasteiger partial charge in [0.2, 0.25) is 5.91 Å². The lowest BCUT2D eigenvalue weighted by molar-refractivity contribution is -0.115. The lowest BCUT2D eigenvalue weighted by Gasteiger charge is -2.09. The third-order valence-corrected chi connectivity index (χ3v) is 3.96. The van der Waals surface area contributed by atoms with Crippen molar-refractivity contribution in [3.63, 3.8) is 0 Å². The lowest BCUT2D eigenvalue weighted by Crippen LogP contribution is -2.14. The summed E-state index contributed by atoms with van der Waals surface area (Å²) in [6.45, 7) is 2.87. The van der Waals surface area contributed by atoms with Gasteiger partial charge in [-0.1, -0.05) is 60.2 Å². The van der Waals surface area contributed by atoms with E-state index < -0.39 is 0 Å². The van der Waals surface area contributed by atoms with Gasteiger partial charge < -0.3 is 10.6 Å². The molecule has 0 fully saturated rings. The molecule has 3 rings (SSSR count). The zero-order valence-electron chi connectivity index (χ0n) is 14.3. The molecule has 0 aromatic heterocycles. The summed E-state index contributed by atoms with van der Waals surface area (Å²) in [5, 5.41) is 6.33. The van der Waals surface area contributed by atoms with Gasteiger partial charge in [-0.05, 0) is 42.3 Å². The molecule has 0 saturated carbocycles. The van der Waals surface area contributed by atoms with E-state index in [0.717, 1.165) is 23.5 Å². The van der Waals surface area contributed by atoms with Crippen LogP contribution < -0.4 is 10.6 Å². The van der Waals surface area contributed by atoms with Crippen LogP contribution in [-0.2, 0) is 17.8 Å². The van der Waals surface area contributed by atoms with E-state index in [1.54, 1.807) is 0 Å². The Morgan fingerprint density at radius 3 is 2.20 bits per heavy atom. The molecule has 0 aliphatic heterocycles. The highest BCUT2D eigenvalue weighted by atomic mass is 16.1. The van der Waals surface area contributed by atoms with Crippen LogP contribution in [0.15, 0.2) is 78.9 Å². The first kappa shape index (κ1) is 16.8. The van der Waals surface area contributed by atoms with Gasteiger partial charge in [-0.3, -0.25) is 4.79 Å². The van der Waals surface area contributed by atoms with Crippen LogP contribution in [0.25, 0.3) is 0 Å². The number of amides is 1. The first-order valence-corrected chi connectivity index (χ1v) is 8.42. The summed E-state index contributed by atoms with van der Waals surface area (Å²) in [6, 6.07) is 26.0. The Kier molecular flexibility index (Phi) is 5.47. The highest BCUT2D eigenvalue weighted by Crippen LogP contribution is 2.15. The highest BCUT2D eigenvalue weighted by Gasteiger charge is 2.04. The molecule has 0 heterocycles. The summed E-state index contributed by atoms with van der Waals surface area (Å²) in [5.41, 5.74) is 5.36. The molecule has 0 atom stereocenters. The van der Waals surface area contributed by atoms with E-state index in [9.17, 15) is 4.79 Å². The minimum absolute atomic E-state index is 0.00771. The minimum Gasteiger partial charge on any atom is -0.381 e. The minimum atomic E-state index is -0.00771. The third-order valence-electron chi connectivity index (χ3n) is 3.96. The smallest absolute Gasteiger partial charge is 0.228 e. The molecule has 25 heavy (non-hydrogen) atoms. The van der Waals surface area contributed by atoms with Gasteiger partial charge in [0.05, 0.1) is 6.42 Å². The SMILES string of the molecule is Cc1cccc(CNc2ccc(NC(=O)Cc3ccccc3)cc2)c1. The van der Waals surface area contributed by atoms with Crippen molar-refractivity contribution in [2.45, 2.75) is 19.9 Å². The van der Waals surface area contributed by atoms with Gasteiger partial charge in [0, 0.05) is 17.9 Å². The van der Waals surface area contributed by atoms with Gasteiger partial charge in [0.15, 0.2) is 0 Å². The number of benzene rings is 3. The predicted molar refractivity (Wildman–Crippen MR) is 104 cm³/mol. The molecule has 3 nitrogen and oxygen atoms in total. The Labute approximate surface area is 148 Å². The highest BCUT2D eigenvalue weighted by molar-refractivity contribution is 5.92. The molecule has 0 aliphatic carbocycles. The van der Waals surface area contributed by atoms with Crippen LogP contribution in [0.2, 0.25) is 0 Å². The van der Waals surface area contributed by atoms with Crippen molar-refractivity contribution in [1.82, 2.24) is 0 Å². The zero-order valence-corrected chi connectivity index (χ0v) is 14.3. The Hall–Kier alpha value is -3.07. The van der Waals surface area contributed by atoms with E-state index >= 15 is 0 Å². The second kappa shape index (κ2) is 8.15. The van der Waals surface area contributed by atoms with Gasteiger partial charge in [-0.15, -0.1) is 0 Å². The van der Waals surface area contributed by atoms with Crippen LogP contribution >= 0.6 is 0 Å². The molecule has 0 unspecified atom stereocenters. The molecule has 3 aromatic rings. The maximum atomic E-state index is 12.1. The van der Waals surface area contributed by atoms with Crippen LogP contribution in [0.3, 0.4) is 0 Å². The van der Waals surface area contributed by atoms with Crippen molar-refractivity contribution in [3.8, 4) is 0 Å². The summed E-state index contributed by atoms with van der Waals surface area (Å²) >= 11 is 0. The molecule has 0 radical (unpaired) electrons. The topological polar surface area (TPSA) is 41.1 Å². The molecule has 0 saturated heterocycles. The monoisotopic (exact) mass is 330 g/mol. The van der Waals surface area contributed by atoms with Crippen molar-refractivity contribution < 1.29 is 4.79 Å². The molecule has 3 aromatic carbocycles. The Morgan fingerprint density at radius 1 is 0.800 bits per heavy atom. The van der Waals surface area contributed by atoms with Crippen molar-refractivity contribution in [2.75, 3.05) is 10.6 Å². The Morgan fingerprint density at radius 2 is 1.48 bits per heavy atom. The van der Waals surface area contributed by atoms with Gasteiger partial charge >= 0.3 is 0 Å². The number of rotatable bonds is 6. The fourth-order valence-corrected chi connectivity index (χ4v) is 2.68. The van der Waals surface area contributed by atoms with Crippen LogP contribution in [0.5, 0.6) is 0 Å². The molecular weight excluding hydrogens is 308 g/mol. The largest absolute Gasteiger partial charge is 0.381 e. The molecule has 0 aliphatic rings. The molecular formula is C22H22N2O. The van der Waals surface area contributed by atoms with Crippen LogP contribution in [-0.4, -0.2) is 5.91 Å². The first-order chi connectivity index (χ1) is 12.2. The first-order valence-electron chi connectivity index (χ1n) is 8.42. The van der Waals surface area contributed by atoms with E-state index in [4.69, 9.17) is 0 Å². The number of carbonyl (C=O) groups is 1. The standard InChI is InChI=1S/C22H22N2O/c1-17-6-5-9-19(14-17)16-23-20-10-12-21(13-11-20)24-22(25)15-18-7-3-2-4-8-18/h2-14,23H,15-16H2,1H3,(H,24,25). The van der Waals surface area contributed by atoms with Crippen LogP contribution in [0.1, 0.15) is 16.7 Å². The number of anilines is 2. The Bertz CT molecular complexity index is 826. The van der Waals surface area contributed by atoms with Crippen molar-refractivity contribution in [3.05, 3.63) is 95.6 Å². The number of hydrogen-bond donors (Lipinski definition) is 2. The van der Waals surface area contributed by atoms with Crippen molar-refractivity contribution in [2.24, 2.45) is 0 Å². The number of aryl methyl sites for hydroxylation is 1. The fourth-order valence-electron chi connectivity index (χ4n) is 2.68. The number of nitrogens with one attached hydrogen (secondary N) is 2. The maximum absolute atomic E-state index is 12.1. The van der Waals surface area contributed by atoms with Gasteiger partial charge in [-0.2, -0.15) is 0 Å². The zero-order chi connectivity index (χ0) is 17.5. The molecule has 126 valence electrons. The molecule has 1 amide bonds. The van der Waals surface area contributed by atoms with E-state index in [1.807, 2.05) is 54.6 Å². The van der Waals surface area contributed by atoms with E-state index in [0.29, 0.717) is 6.42 Å². The number of carbonyl (C=O) groups excluding carboxylic acids is 1. The summed E-state index contributed by atoms with van der Waals surface area (Å²) in [7, 11) is 0. The summed E-state index contributed by atoms with van der Waals surface area (Å²) in [4.78, 5) is 12.1. The predicted octanol–water partition coefficient (Wildman–Crippen LogP) is 4.79. The summed E-state index contributed by atoms with van der Waals surface area (Å²) < 4.78 is 0. The quantitative estimate of drug-likeness (QED) is 0.682. The van der Waals surface area contributed by atoms with Crippen LogP contribution in [0.4, 0.5) is 11.4 Å². The van der Waals surface area contributed by atoms with E-state index in [-0.39, 0.29) is 5.91 Å². The number of hydrogen-bond acceptors (Lipinski definition) is 2. The van der Waals surface area contributed by atoms with E-state index in [2.05, 4.69) is 41.8 Å². The Balaban J connectivity index is 1.52. The van der Waals surface area contributed by atoms with Gasteiger partial charge in [0.25, 0.3) is 0 Å². The second-order valence-electron chi connectivity index (χ2n) is 6.13. The molecule has 3 heteroatoms. The maximum Gasteiger partial charge on any atom is 0.228 e. The van der Waals surface area contributed by atoms with Crippen LogP contribution in [0, 0.1) is 6.92 Å². The second-order valence-corrected chi connectivity index (χ2v) is 6.13. The van der Waals surface area contributed by atoms with Gasteiger partial charge in [-0.25, -0.2) is 0 Å². The lowest BCUT2D eigenvalue weighted by atomic mass is 10.1.